The number of methoxy groups -OCH3 is 2. The maximum atomic E-state index is 5.11. The summed E-state index contributed by atoms with van der Waals surface area (Å²) < 4.78 is 12.8. The maximum absolute atomic E-state index is 5.11. The van der Waals surface area contributed by atoms with E-state index in [1.807, 2.05) is 13.8 Å². The van der Waals surface area contributed by atoms with Crippen LogP contribution in [0.4, 0.5) is 0 Å². The maximum Gasteiger partial charge on any atom is 0.257 e. The van der Waals surface area contributed by atoms with Crippen molar-refractivity contribution in [2.75, 3.05) is 14.2 Å². The number of hydrogen-bond donors (Lipinski definition) is 0. The molecule has 0 atom stereocenters. The molecular formula is C11H13BrN4O2. The summed E-state index contributed by atoms with van der Waals surface area (Å²) in [7, 11) is 3.09. The van der Waals surface area contributed by atoms with Crippen LogP contribution in [0.2, 0.25) is 0 Å². The minimum atomic E-state index is 0.414. The Morgan fingerprint density at radius 1 is 1.11 bits per heavy atom. The lowest BCUT2D eigenvalue weighted by molar-refractivity contribution is 0.369. The van der Waals surface area contributed by atoms with Gasteiger partial charge in [-0.3, -0.25) is 0 Å². The minimum Gasteiger partial charge on any atom is -0.481 e. The Kier molecular flexibility index (Phi) is 3.51. The summed E-state index contributed by atoms with van der Waals surface area (Å²) in [5, 5.41) is 4.36. The fourth-order valence-electron chi connectivity index (χ4n) is 1.51. The summed E-state index contributed by atoms with van der Waals surface area (Å²) in [5.74, 6) is 1.28. The van der Waals surface area contributed by atoms with Crippen LogP contribution in [0.25, 0.3) is 5.95 Å². The first-order valence-electron chi connectivity index (χ1n) is 5.26. The quantitative estimate of drug-likeness (QED) is 0.868. The molecule has 7 heteroatoms. The van der Waals surface area contributed by atoms with Crippen molar-refractivity contribution < 1.29 is 9.47 Å². The molecule has 96 valence electrons. The molecule has 0 spiro atoms. The Balaban J connectivity index is 2.59. The van der Waals surface area contributed by atoms with E-state index in [0.717, 1.165) is 15.9 Å². The Labute approximate surface area is 113 Å². The topological polar surface area (TPSA) is 62.1 Å². The van der Waals surface area contributed by atoms with Crippen LogP contribution in [0, 0.1) is 13.8 Å². The van der Waals surface area contributed by atoms with Gasteiger partial charge in [0.1, 0.15) is 0 Å². The predicted molar refractivity (Wildman–Crippen MR) is 69.4 cm³/mol. The summed E-state index contributed by atoms with van der Waals surface area (Å²) in [6, 6.07) is 1.62. The number of aromatic nitrogens is 4. The molecule has 0 aliphatic carbocycles. The first kappa shape index (κ1) is 12.8. The van der Waals surface area contributed by atoms with Gasteiger partial charge in [0.25, 0.3) is 5.95 Å². The van der Waals surface area contributed by atoms with Crippen molar-refractivity contribution in [2.45, 2.75) is 13.8 Å². The standard InChI is InChI=1S/C11H13BrN4O2/c1-6-10(12)7(2)16(15-6)11-13-8(17-3)5-9(14-11)18-4/h5H,1-4H3. The van der Waals surface area contributed by atoms with E-state index in [9.17, 15) is 0 Å². The van der Waals surface area contributed by atoms with E-state index in [1.54, 1.807) is 25.0 Å². The number of nitrogens with zero attached hydrogens (tertiary/aromatic N) is 4. The highest BCUT2D eigenvalue weighted by atomic mass is 79.9. The molecule has 0 aromatic carbocycles. The van der Waals surface area contributed by atoms with E-state index in [-0.39, 0.29) is 0 Å². The van der Waals surface area contributed by atoms with Crippen LogP contribution in [-0.2, 0) is 0 Å². The van der Waals surface area contributed by atoms with Crippen LogP contribution in [0.15, 0.2) is 10.5 Å². The Morgan fingerprint density at radius 2 is 1.67 bits per heavy atom. The first-order chi connectivity index (χ1) is 8.56. The molecule has 0 bridgehead atoms. The molecule has 0 aliphatic heterocycles. The van der Waals surface area contributed by atoms with Crippen LogP contribution < -0.4 is 9.47 Å². The number of halogens is 1. The first-order valence-corrected chi connectivity index (χ1v) is 6.05. The third-order valence-corrected chi connectivity index (χ3v) is 3.63. The van der Waals surface area contributed by atoms with Crippen LogP contribution in [0.3, 0.4) is 0 Å². The number of aryl methyl sites for hydroxylation is 1. The van der Waals surface area contributed by atoms with Gasteiger partial charge in [-0.2, -0.15) is 15.1 Å². The van der Waals surface area contributed by atoms with Gasteiger partial charge in [0, 0.05) is 0 Å². The summed E-state index contributed by atoms with van der Waals surface area (Å²) in [5.41, 5.74) is 1.79. The van der Waals surface area contributed by atoms with Gasteiger partial charge in [0.2, 0.25) is 11.8 Å². The highest BCUT2D eigenvalue weighted by molar-refractivity contribution is 9.10. The lowest BCUT2D eigenvalue weighted by atomic mass is 10.4. The van der Waals surface area contributed by atoms with Gasteiger partial charge in [0.15, 0.2) is 0 Å². The molecule has 0 aliphatic rings. The van der Waals surface area contributed by atoms with Crippen LogP contribution in [0.1, 0.15) is 11.4 Å². The smallest absolute Gasteiger partial charge is 0.257 e. The lowest BCUT2D eigenvalue weighted by Gasteiger charge is -2.07. The van der Waals surface area contributed by atoms with E-state index < -0.39 is 0 Å². The number of ether oxygens (including phenoxy) is 2. The fourth-order valence-corrected chi connectivity index (χ4v) is 1.76. The van der Waals surface area contributed by atoms with Gasteiger partial charge >= 0.3 is 0 Å². The molecule has 18 heavy (non-hydrogen) atoms. The Morgan fingerprint density at radius 3 is 2.06 bits per heavy atom. The summed E-state index contributed by atoms with van der Waals surface area (Å²) in [6.45, 7) is 3.84. The molecule has 0 saturated carbocycles. The van der Waals surface area contributed by atoms with Crippen LogP contribution in [-0.4, -0.2) is 34.0 Å². The van der Waals surface area contributed by atoms with Gasteiger partial charge in [-0.1, -0.05) is 0 Å². The molecule has 0 fully saturated rings. The highest BCUT2D eigenvalue weighted by Gasteiger charge is 2.14. The van der Waals surface area contributed by atoms with Crippen molar-refractivity contribution in [3.63, 3.8) is 0 Å². The molecule has 0 amide bonds. The van der Waals surface area contributed by atoms with Crippen LogP contribution >= 0.6 is 15.9 Å². The van der Waals surface area contributed by atoms with E-state index in [2.05, 4.69) is 31.0 Å². The molecule has 0 unspecified atom stereocenters. The second kappa shape index (κ2) is 4.93. The average molecular weight is 313 g/mol. The third-order valence-electron chi connectivity index (χ3n) is 2.48. The number of rotatable bonds is 3. The summed E-state index contributed by atoms with van der Waals surface area (Å²) >= 11 is 3.47. The lowest BCUT2D eigenvalue weighted by Crippen LogP contribution is -2.07. The molecule has 2 heterocycles. The third kappa shape index (κ3) is 2.17. The molecule has 2 rings (SSSR count). The normalized spacial score (nSPS) is 10.5. The predicted octanol–water partition coefficient (Wildman–Crippen LogP) is 2.06. The second-order valence-corrected chi connectivity index (χ2v) is 4.44. The monoisotopic (exact) mass is 312 g/mol. The van der Waals surface area contributed by atoms with Crippen molar-refractivity contribution in [3.8, 4) is 17.7 Å². The van der Waals surface area contributed by atoms with Gasteiger partial charge in [-0.15, -0.1) is 0 Å². The molecule has 2 aromatic rings. The molecular weight excluding hydrogens is 300 g/mol. The fraction of sp³-hybridized carbons (Fsp3) is 0.364. The summed E-state index contributed by atoms with van der Waals surface area (Å²) in [6.07, 6.45) is 0. The van der Waals surface area contributed by atoms with Crippen molar-refractivity contribution in [3.05, 3.63) is 21.9 Å². The van der Waals surface area contributed by atoms with Gasteiger partial charge in [-0.05, 0) is 29.8 Å². The zero-order valence-corrected chi connectivity index (χ0v) is 12.1. The van der Waals surface area contributed by atoms with Crippen molar-refractivity contribution in [2.24, 2.45) is 0 Å². The molecule has 0 radical (unpaired) electrons. The van der Waals surface area contributed by atoms with E-state index in [0.29, 0.717) is 17.7 Å². The van der Waals surface area contributed by atoms with Crippen molar-refractivity contribution >= 4 is 15.9 Å². The largest absolute Gasteiger partial charge is 0.481 e. The number of hydrogen-bond acceptors (Lipinski definition) is 5. The zero-order chi connectivity index (χ0) is 13.3. The van der Waals surface area contributed by atoms with Crippen molar-refractivity contribution in [1.82, 2.24) is 19.7 Å². The molecule has 0 N–H and O–H groups in total. The van der Waals surface area contributed by atoms with Gasteiger partial charge in [0.05, 0.1) is 36.1 Å². The Hall–Kier alpha value is -1.63. The molecule has 0 saturated heterocycles. The summed E-state index contributed by atoms with van der Waals surface area (Å²) in [4.78, 5) is 8.50. The van der Waals surface area contributed by atoms with E-state index in [4.69, 9.17) is 9.47 Å². The SMILES string of the molecule is COc1cc(OC)nc(-n2nc(C)c(Br)c2C)n1. The van der Waals surface area contributed by atoms with Crippen LogP contribution in [0.5, 0.6) is 11.8 Å². The zero-order valence-electron chi connectivity index (χ0n) is 10.6. The van der Waals surface area contributed by atoms with Gasteiger partial charge in [-0.25, -0.2) is 4.68 Å². The second-order valence-electron chi connectivity index (χ2n) is 3.65. The van der Waals surface area contributed by atoms with Crippen molar-refractivity contribution in [1.29, 1.82) is 0 Å². The molecule has 2 aromatic heterocycles. The highest BCUT2D eigenvalue weighted by Crippen LogP contribution is 2.23. The van der Waals surface area contributed by atoms with E-state index in [1.165, 1.54) is 0 Å². The van der Waals surface area contributed by atoms with E-state index >= 15 is 0 Å². The average Bonchev–Trinajstić information content (AvgIpc) is 2.65. The Bertz CT molecular complexity index is 560. The molecule has 6 nitrogen and oxygen atoms in total. The van der Waals surface area contributed by atoms with Gasteiger partial charge < -0.3 is 9.47 Å². The minimum absolute atomic E-state index is 0.414.